The molecular weight excluding hydrogens is 312 g/mol. The van der Waals surface area contributed by atoms with E-state index in [-0.39, 0.29) is 12.5 Å². The van der Waals surface area contributed by atoms with Crippen LogP contribution in [-0.2, 0) is 19.6 Å². The summed E-state index contributed by atoms with van der Waals surface area (Å²) in [7, 11) is -1.87. The van der Waals surface area contributed by atoms with Gasteiger partial charge in [-0.3, -0.25) is 4.79 Å². The van der Waals surface area contributed by atoms with Gasteiger partial charge in [-0.05, 0) is 25.5 Å². The molecule has 1 N–H and O–H groups in total. The van der Waals surface area contributed by atoms with E-state index in [2.05, 4.69) is 4.72 Å². The number of nitrogens with zero attached hydrogens (tertiary/aromatic N) is 1. The van der Waals surface area contributed by atoms with E-state index < -0.39 is 10.0 Å². The number of aryl methyl sites for hydroxylation is 1. The minimum atomic E-state index is -3.48. The van der Waals surface area contributed by atoms with Crippen LogP contribution in [0.2, 0.25) is 0 Å². The van der Waals surface area contributed by atoms with Crippen LogP contribution in [-0.4, -0.2) is 52.6 Å². The van der Waals surface area contributed by atoms with E-state index >= 15 is 0 Å². The van der Waals surface area contributed by atoms with E-state index in [1.165, 1.54) is 18.3 Å². The number of rotatable bonds is 9. The van der Waals surface area contributed by atoms with Crippen LogP contribution in [0.4, 0.5) is 0 Å². The highest BCUT2D eigenvalue weighted by molar-refractivity contribution is 7.91. The van der Waals surface area contributed by atoms with Crippen LogP contribution >= 0.6 is 11.3 Å². The summed E-state index contributed by atoms with van der Waals surface area (Å²) in [6.07, 6.45) is 0.729. The molecule has 0 unspecified atom stereocenters. The molecule has 0 saturated carbocycles. The third kappa shape index (κ3) is 6.13. The zero-order valence-electron chi connectivity index (χ0n) is 12.6. The van der Waals surface area contributed by atoms with Crippen LogP contribution in [0.25, 0.3) is 0 Å². The van der Waals surface area contributed by atoms with Gasteiger partial charge in [-0.1, -0.05) is 0 Å². The summed E-state index contributed by atoms with van der Waals surface area (Å²) in [5, 5.41) is 0. The second kappa shape index (κ2) is 8.47. The molecule has 0 saturated heterocycles. The summed E-state index contributed by atoms with van der Waals surface area (Å²) in [5.74, 6) is -0.0720. The maximum absolute atomic E-state index is 12.0. The number of hydrogen-bond donors (Lipinski definition) is 1. The molecule has 1 aromatic rings. The minimum absolute atomic E-state index is 0.0720. The minimum Gasteiger partial charge on any atom is -0.385 e. The van der Waals surface area contributed by atoms with E-state index in [4.69, 9.17) is 4.74 Å². The summed E-state index contributed by atoms with van der Waals surface area (Å²) >= 11 is 1.23. The molecule has 0 aliphatic carbocycles. The first-order chi connectivity index (χ1) is 9.86. The highest BCUT2D eigenvalue weighted by Crippen LogP contribution is 2.19. The molecule has 0 bridgehead atoms. The summed E-state index contributed by atoms with van der Waals surface area (Å²) in [6.45, 7) is 5.02. The normalized spacial score (nSPS) is 11.6. The Bertz CT molecular complexity index is 554. The molecule has 0 aromatic carbocycles. The highest BCUT2D eigenvalue weighted by Gasteiger charge is 2.16. The van der Waals surface area contributed by atoms with Crippen LogP contribution in [0.1, 0.15) is 18.2 Å². The van der Waals surface area contributed by atoms with Gasteiger partial charge in [0.25, 0.3) is 0 Å². The van der Waals surface area contributed by atoms with Gasteiger partial charge in [0.2, 0.25) is 15.9 Å². The predicted molar refractivity (Wildman–Crippen MR) is 83.0 cm³/mol. The topological polar surface area (TPSA) is 75.7 Å². The monoisotopic (exact) mass is 334 g/mol. The molecule has 21 heavy (non-hydrogen) atoms. The maximum Gasteiger partial charge on any atom is 0.250 e. The van der Waals surface area contributed by atoms with Crippen molar-refractivity contribution in [3.05, 3.63) is 17.0 Å². The molecule has 0 aliphatic heterocycles. The lowest BCUT2D eigenvalue weighted by atomic mass is 10.4. The Morgan fingerprint density at radius 1 is 1.38 bits per heavy atom. The molecule has 0 spiro atoms. The molecule has 6 nitrogen and oxygen atoms in total. The third-order valence-corrected chi connectivity index (χ3v) is 5.83. The van der Waals surface area contributed by atoms with Crippen LogP contribution < -0.4 is 4.72 Å². The molecule has 0 aliphatic rings. The smallest absolute Gasteiger partial charge is 0.250 e. The lowest BCUT2D eigenvalue weighted by molar-refractivity contribution is -0.128. The lowest BCUT2D eigenvalue weighted by Crippen LogP contribution is -2.38. The van der Waals surface area contributed by atoms with E-state index in [9.17, 15) is 13.2 Å². The number of hydrogen-bond acceptors (Lipinski definition) is 5. The number of sulfonamides is 1. The number of methoxy groups -OCH3 is 1. The van der Waals surface area contributed by atoms with E-state index in [0.29, 0.717) is 23.9 Å². The van der Waals surface area contributed by atoms with Crippen molar-refractivity contribution in [1.82, 2.24) is 9.62 Å². The fourth-order valence-corrected chi connectivity index (χ4v) is 4.12. The molecule has 8 heteroatoms. The summed E-state index contributed by atoms with van der Waals surface area (Å²) in [6, 6.07) is 3.36. The third-order valence-electron chi connectivity index (χ3n) is 2.88. The Balaban J connectivity index is 2.48. The Morgan fingerprint density at radius 2 is 2.10 bits per heavy atom. The van der Waals surface area contributed by atoms with Crippen LogP contribution in [0.15, 0.2) is 16.3 Å². The van der Waals surface area contributed by atoms with Gasteiger partial charge in [-0.25, -0.2) is 13.1 Å². The second-order valence-corrected chi connectivity index (χ2v) is 7.90. The highest BCUT2D eigenvalue weighted by atomic mass is 32.2. The van der Waals surface area contributed by atoms with Gasteiger partial charge < -0.3 is 9.64 Å². The number of amides is 1. The van der Waals surface area contributed by atoms with Crippen molar-refractivity contribution in [2.45, 2.75) is 24.5 Å². The fraction of sp³-hybridized carbons (Fsp3) is 0.615. The number of nitrogens with one attached hydrogen (secondary N) is 1. The average Bonchev–Trinajstić information content (AvgIpc) is 2.84. The van der Waals surface area contributed by atoms with E-state index in [1.807, 2.05) is 6.92 Å². The van der Waals surface area contributed by atoms with Gasteiger partial charge in [-0.15, -0.1) is 11.3 Å². The van der Waals surface area contributed by atoms with Gasteiger partial charge in [-0.2, -0.15) is 0 Å². The van der Waals surface area contributed by atoms with E-state index in [1.54, 1.807) is 24.1 Å². The predicted octanol–water partition coefficient (Wildman–Crippen LogP) is 1.22. The first-order valence-corrected chi connectivity index (χ1v) is 8.97. The Labute approximate surface area is 130 Å². The van der Waals surface area contributed by atoms with Crippen molar-refractivity contribution in [2.24, 2.45) is 0 Å². The fourth-order valence-electron chi connectivity index (χ4n) is 1.77. The standard InChI is InChI=1S/C13H22N2O4S2/c1-11-5-6-13(20-11)21(17,18)14-7-9-15(12(2)16)8-4-10-19-3/h5-6,14H,4,7-10H2,1-3H3. The maximum atomic E-state index is 12.0. The second-order valence-electron chi connectivity index (χ2n) is 4.62. The number of carbonyl (C=O) groups is 1. The van der Waals surface area contributed by atoms with Gasteiger partial charge in [0.15, 0.2) is 0 Å². The average molecular weight is 334 g/mol. The van der Waals surface area contributed by atoms with Gasteiger partial charge in [0, 0.05) is 45.2 Å². The molecule has 0 radical (unpaired) electrons. The lowest BCUT2D eigenvalue weighted by Gasteiger charge is -2.20. The Kier molecular flexibility index (Phi) is 7.30. The summed E-state index contributed by atoms with van der Waals surface area (Å²) < 4.78 is 31.8. The van der Waals surface area contributed by atoms with Crippen LogP contribution in [0, 0.1) is 6.92 Å². The number of carbonyl (C=O) groups excluding carboxylic acids is 1. The van der Waals surface area contributed by atoms with Crippen molar-refractivity contribution in [3.8, 4) is 0 Å². The Hall–Kier alpha value is -0.960. The first kappa shape index (κ1) is 18.1. The number of thiophene rings is 1. The molecule has 120 valence electrons. The van der Waals surface area contributed by atoms with Crippen LogP contribution in [0.3, 0.4) is 0 Å². The van der Waals surface area contributed by atoms with Crippen molar-refractivity contribution in [3.63, 3.8) is 0 Å². The zero-order chi connectivity index (χ0) is 15.9. The SMILES string of the molecule is COCCCN(CCNS(=O)(=O)c1ccc(C)s1)C(C)=O. The van der Waals surface area contributed by atoms with Gasteiger partial charge in [0.1, 0.15) is 4.21 Å². The zero-order valence-corrected chi connectivity index (χ0v) is 14.2. The summed E-state index contributed by atoms with van der Waals surface area (Å²) in [4.78, 5) is 14.0. The van der Waals surface area contributed by atoms with Crippen molar-refractivity contribution >= 4 is 27.3 Å². The van der Waals surface area contributed by atoms with Gasteiger partial charge >= 0.3 is 0 Å². The van der Waals surface area contributed by atoms with Gasteiger partial charge in [0.05, 0.1) is 0 Å². The van der Waals surface area contributed by atoms with Crippen LogP contribution in [0.5, 0.6) is 0 Å². The molecular formula is C13H22N2O4S2. The first-order valence-electron chi connectivity index (χ1n) is 6.67. The van der Waals surface area contributed by atoms with E-state index in [0.717, 1.165) is 11.3 Å². The largest absolute Gasteiger partial charge is 0.385 e. The quantitative estimate of drug-likeness (QED) is 0.689. The molecule has 1 amide bonds. The molecule has 1 rings (SSSR count). The van der Waals surface area contributed by atoms with Crippen molar-refractivity contribution in [2.75, 3.05) is 33.4 Å². The Morgan fingerprint density at radius 3 is 2.62 bits per heavy atom. The molecule has 0 fully saturated rings. The summed E-state index contributed by atoms with van der Waals surface area (Å²) in [5.41, 5.74) is 0. The molecule has 1 aromatic heterocycles. The molecule has 1 heterocycles. The van der Waals surface area contributed by atoms with Crippen molar-refractivity contribution in [1.29, 1.82) is 0 Å². The molecule has 0 atom stereocenters. The van der Waals surface area contributed by atoms with Crippen molar-refractivity contribution < 1.29 is 17.9 Å². The number of ether oxygens (including phenoxy) is 1.